The van der Waals surface area contributed by atoms with E-state index in [1.165, 1.54) is 5.56 Å². The number of benzene rings is 2. The number of nitrogens with one attached hydrogen (secondary N) is 1. The Balaban J connectivity index is 1.49. The maximum Gasteiger partial charge on any atom is 0.258 e. The lowest BCUT2D eigenvalue weighted by Gasteiger charge is -2.08. The van der Waals surface area contributed by atoms with Gasteiger partial charge >= 0.3 is 0 Å². The molecule has 0 atom stereocenters. The molecular formula is C20H21N3O2. The lowest BCUT2D eigenvalue weighted by molar-refractivity contribution is -0.123. The first-order valence-corrected chi connectivity index (χ1v) is 8.17. The van der Waals surface area contributed by atoms with Crippen molar-refractivity contribution < 1.29 is 9.53 Å². The molecule has 0 radical (unpaired) electrons. The molecule has 0 saturated carbocycles. The maximum atomic E-state index is 12.0. The SMILES string of the molecule is Cc1ccc(OCC(=O)NCc2cnn(-c3ccccc3)c2)cc1C. The molecule has 0 bridgehead atoms. The molecule has 0 fully saturated rings. The van der Waals surface area contributed by atoms with Crippen LogP contribution in [0.1, 0.15) is 16.7 Å². The summed E-state index contributed by atoms with van der Waals surface area (Å²) in [7, 11) is 0. The highest BCUT2D eigenvalue weighted by atomic mass is 16.5. The van der Waals surface area contributed by atoms with Crippen LogP contribution in [0.15, 0.2) is 60.9 Å². The van der Waals surface area contributed by atoms with E-state index in [0.717, 1.165) is 16.8 Å². The zero-order chi connectivity index (χ0) is 17.6. The van der Waals surface area contributed by atoms with E-state index in [2.05, 4.69) is 10.4 Å². The molecule has 3 aromatic rings. The van der Waals surface area contributed by atoms with Gasteiger partial charge in [-0.05, 0) is 49.2 Å². The first kappa shape index (κ1) is 16.8. The fraction of sp³-hybridized carbons (Fsp3) is 0.200. The molecule has 1 N–H and O–H groups in total. The topological polar surface area (TPSA) is 56.1 Å². The lowest BCUT2D eigenvalue weighted by Crippen LogP contribution is -2.28. The van der Waals surface area contributed by atoms with Crippen LogP contribution in [0.4, 0.5) is 0 Å². The van der Waals surface area contributed by atoms with Crippen molar-refractivity contribution in [3.05, 3.63) is 77.6 Å². The molecule has 0 saturated heterocycles. The van der Waals surface area contributed by atoms with Gasteiger partial charge in [-0.1, -0.05) is 24.3 Å². The molecule has 0 aliphatic heterocycles. The minimum Gasteiger partial charge on any atom is -0.484 e. The van der Waals surface area contributed by atoms with E-state index in [1.807, 2.05) is 68.6 Å². The van der Waals surface area contributed by atoms with E-state index in [-0.39, 0.29) is 12.5 Å². The molecule has 5 nitrogen and oxygen atoms in total. The second-order valence-corrected chi connectivity index (χ2v) is 5.94. The number of hydrogen-bond donors (Lipinski definition) is 1. The van der Waals surface area contributed by atoms with Crippen LogP contribution in [-0.2, 0) is 11.3 Å². The summed E-state index contributed by atoms with van der Waals surface area (Å²) in [5.41, 5.74) is 4.26. The Hall–Kier alpha value is -3.08. The minimum absolute atomic E-state index is 0.00464. The van der Waals surface area contributed by atoms with E-state index >= 15 is 0 Å². The molecule has 0 aliphatic rings. The number of para-hydroxylation sites is 1. The summed E-state index contributed by atoms with van der Waals surface area (Å²) in [5.74, 6) is 0.542. The van der Waals surface area contributed by atoms with Crippen molar-refractivity contribution in [3.8, 4) is 11.4 Å². The predicted molar refractivity (Wildman–Crippen MR) is 96.8 cm³/mol. The van der Waals surface area contributed by atoms with Crippen LogP contribution in [0, 0.1) is 13.8 Å². The number of aryl methyl sites for hydroxylation is 2. The van der Waals surface area contributed by atoms with Gasteiger partial charge in [-0.2, -0.15) is 5.10 Å². The fourth-order valence-electron chi connectivity index (χ4n) is 2.38. The lowest BCUT2D eigenvalue weighted by atomic mass is 10.1. The number of rotatable bonds is 6. The van der Waals surface area contributed by atoms with Gasteiger partial charge in [-0.25, -0.2) is 4.68 Å². The molecule has 1 amide bonds. The standard InChI is InChI=1S/C20H21N3O2/c1-15-8-9-19(10-16(15)2)25-14-20(24)21-11-17-12-22-23(13-17)18-6-4-3-5-7-18/h3-10,12-13H,11,14H2,1-2H3,(H,21,24). The highest BCUT2D eigenvalue weighted by Gasteiger charge is 2.06. The van der Waals surface area contributed by atoms with Crippen LogP contribution in [0.2, 0.25) is 0 Å². The van der Waals surface area contributed by atoms with Gasteiger partial charge < -0.3 is 10.1 Å². The van der Waals surface area contributed by atoms with Gasteiger partial charge in [0.05, 0.1) is 11.9 Å². The van der Waals surface area contributed by atoms with Crippen LogP contribution in [0.5, 0.6) is 5.75 Å². The number of nitrogens with zero attached hydrogens (tertiary/aromatic N) is 2. The zero-order valence-electron chi connectivity index (χ0n) is 14.4. The van der Waals surface area contributed by atoms with Gasteiger partial charge in [0.1, 0.15) is 5.75 Å². The number of ether oxygens (including phenoxy) is 1. The second kappa shape index (κ2) is 7.66. The maximum absolute atomic E-state index is 12.0. The third-order valence-corrected chi connectivity index (χ3v) is 3.99. The molecule has 0 unspecified atom stereocenters. The van der Waals surface area contributed by atoms with Gasteiger partial charge in [0.15, 0.2) is 6.61 Å². The Morgan fingerprint density at radius 2 is 1.92 bits per heavy atom. The fourth-order valence-corrected chi connectivity index (χ4v) is 2.38. The van der Waals surface area contributed by atoms with Crippen LogP contribution >= 0.6 is 0 Å². The first-order valence-electron chi connectivity index (χ1n) is 8.17. The Kier molecular flexibility index (Phi) is 5.14. The first-order chi connectivity index (χ1) is 12.1. The molecule has 0 spiro atoms. The van der Waals surface area contributed by atoms with Gasteiger partial charge in [-0.3, -0.25) is 4.79 Å². The largest absolute Gasteiger partial charge is 0.484 e. The number of aromatic nitrogens is 2. The Morgan fingerprint density at radius 3 is 2.68 bits per heavy atom. The molecular weight excluding hydrogens is 314 g/mol. The van der Waals surface area contributed by atoms with Crippen molar-refractivity contribution in [3.63, 3.8) is 0 Å². The second-order valence-electron chi connectivity index (χ2n) is 5.94. The predicted octanol–water partition coefficient (Wildman–Crippen LogP) is 3.18. The van der Waals surface area contributed by atoms with Gasteiger partial charge in [0.25, 0.3) is 5.91 Å². The normalized spacial score (nSPS) is 10.5. The van der Waals surface area contributed by atoms with Crippen LogP contribution in [-0.4, -0.2) is 22.3 Å². The molecule has 128 valence electrons. The Labute approximate surface area is 147 Å². The van der Waals surface area contributed by atoms with Crippen molar-refractivity contribution in [2.24, 2.45) is 0 Å². The summed E-state index contributed by atoms with van der Waals surface area (Å²) < 4.78 is 7.32. The molecule has 0 aliphatic carbocycles. The summed E-state index contributed by atoms with van der Waals surface area (Å²) in [4.78, 5) is 12.0. The molecule has 1 aromatic heterocycles. The van der Waals surface area contributed by atoms with Gasteiger partial charge in [0, 0.05) is 18.3 Å². The summed E-state index contributed by atoms with van der Waals surface area (Å²) in [5, 5.41) is 7.15. The van der Waals surface area contributed by atoms with Crippen molar-refractivity contribution in [2.75, 3.05) is 6.61 Å². The van der Waals surface area contributed by atoms with Gasteiger partial charge in [0.2, 0.25) is 0 Å². The summed E-state index contributed by atoms with van der Waals surface area (Å²) in [6, 6.07) is 15.6. The van der Waals surface area contributed by atoms with Crippen LogP contribution < -0.4 is 10.1 Å². The van der Waals surface area contributed by atoms with Crippen LogP contribution in [0.3, 0.4) is 0 Å². The minimum atomic E-state index is -0.161. The van der Waals surface area contributed by atoms with E-state index in [0.29, 0.717) is 12.3 Å². The van der Waals surface area contributed by atoms with Crippen molar-refractivity contribution in [1.82, 2.24) is 15.1 Å². The highest BCUT2D eigenvalue weighted by Crippen LogP contribution is 2.16. The average Bonchev–Trinajstić information content (AvgIpc) is 3.11. The monoisotopic (exact) mass is 335 g/mol. The number of carbonyl (C=O) groups is 1. The average molecular weight is 335 g/mol. The van der Waals surface area contributed by atoms with E-state index in [1.54, 1.807) is 10.9 Å². The number of carbonyl (C=O) groups excluding carboxylic acids is 1. The van der Waals surface area contributed by atoms with Crippen molar-refractivity contribution >= 4 is 5.91 Å². The Morgan fingerprint density at radius 1 is 1.12 bits per heavy atom. The molecule has 1 heterocycles. The van der Waals surface area contributed by atoms with Crippen LogP contribution in [0.25, 0.3) is 5.69 Å². The summed E-state index contributed by atoms with van der Waals surface area (Å²) in [6.07, 6.45) is 3.65. The van der Waals surface area contributed by atoms with E-state index in [4.69, 9.17) is 4.74 Å². The third-order valence-electron chi connectivity index (χ3n) is 3.99. The number of hydrogen-bond acceptors (Lipinski definition) is 3. The Bertz CT molecular complexity index is 856. The van der Waals surface area contributed by atoms with Gasteiger partial charge in [-0.15, -0.1) is 0 Å². The molecule has 3 rings (SSSR count). The highest BCUT2D eigenvalue weighted by molar-refractivity contribution is 5.77. The summed E-state index contributed by atoms with van der Waals surface area (Å²) >= 11 is 0. The number of amides is 1. The van der Waals surface area contributed by atoms with Crippen molar-refractivity contribution in [1.29, 1.82) is 0 Å². The summed E-state index contributed by atoms with van der Waals surface area (Å²) in [6.45, 7) is 4.48. The van der Waals surface area contributed by atoms with E-state index < -0.39 is 0 Å². The molecule has 2 aromatic carbocycles. The molecule has 25 heavy (non-hydrogen) atoms. The van der Waals surface area contributed by atoms with E-state index in [9.17, 15) is 4.79 Å². The molecule has 5 heteroatoms. The third kappa shape index (κ3) is 4.47. The quantitative estimate of drug-likeness (QED) is 0.753. The zero-order valence-corrected chi connectivity index (χ0v) is 14.4. The van der Waals surface area contributed by atoms with Crippen molar-refractivity contribution in [2.45, 2.75) is 20.4 Å². The smallest absolute Gasteiger partial charge is 0.258 e.